The third-order valence-electron chi connectivity index (χ3n) is 4.65. The molecule has 0 saturated carbocycles. The van der Waals surface area contributed by atoms with Crippen molar-refractivity contribution < 1.29 is 9.90 Å². The van der Waals surface area contributed by atoms with Gasteiger partial charge in [-0.15, -0.1) is 0 Å². The Morgan fingerprint density at radius 3 is 1.93 bits per heavy atom. The standard InChI is InChI=1S/C22H32N4O2/c1-21(2,3)15-10-13(11-16(18(15)27)22(4,5)6)17-14(19(28)23-7)12-24-20(25-17)26(8)9/h10-12,27H,1-9H3,(H,23,28). The number of rotatable bonds is 3. The van der Waals surface area contributed by atoms with Crippen LogP contribution in [-0.2, 0) is 10.8 Å². The number of hydrogen-bond acceptors (Lipinski definition) is 5. The molecule has 2 aromatic rings. The van der Waals surface area contributed by atoms with Gasteiger partial charge in [0.05, 0.1) is 11.3 Å². The van der Waals surface area contributed by atoms with Gasteiger partial charge in [-0.25, -0.2) is 9.97 Å². The van der Waals surface area contributed by atoms with Gasteiger partial charge in [-0.1, -0.05) is 41.5 Å². The van der Waals surface area contributed by atoms with Crippen LogP contribution in [0.25, 0.3) is 11.3 Å². The molecule has 1 aromatic carbocycles. The van der Waals surface area contributed by atoms with Gasteiger partial charge in [0.15, 0.2) is 0 Å². The van der Waals surface area contributed by atoms with Gasteiger partial charge in [-0.3, -0.25) is 4.79 Å². The summed E-state index contributed by atoms with van der Waals surface area (Å²) in [6.07, 6.45) is 1.55. The van der Waals surface area contributed by atoms with Gasteiger partial charge in [-0.05, 0) is 23.0 Å². The van der Waals surface area contributed by atoms with E-state index in [2.05, 4.69) is 56.8 Å². The van der Waals surface area contributed by atoms with E-state index in [1.54, 1.807) is 18.1 Å². The number of nitrogens with zero attached hydrogens (tertiary/aromatic N) is 3. The van der Waals surface area contributed by atoms with Gasteiger partial charge in [0.2, 0.25) is 5.95 Å². The van der Waals surface area contributed by atoms with E-state index in [1.165, 1.54) is 0 Å². The number of nitrogens with one attached hydrogen (secondary N) is 1. The molecule has 0 fully saturated rings. The zero-order chi connectivity index (χ0) is 21.4. The Kier molecular flexibility index (Phi) is 5.74. The minimum Gasteiger partial charge on any atom is -0.507 e. The number of aromatic hydroxyl groups is 1. The highest BCUT2D eigenvalue weighted by atomic mass is 16.3. The lowest BCUT2D eigenvalue weighted by atomic mass is 9.78. The molecule has 1 aromatic heterocycles. The number of phenolic OH excluding ortho intramolecular Hbond substituents is 1. The van der Waals surface area contributed by atoms with Crippen molar-refractivity contribution in [2.24, 2.45) is 0 Å². The van der Waals surface area contributed by atoms with Gasteiger partial charge in [0, 0.05) is 44.0 Å². The normalized spacial score (nSPS) is 12.0. The lowest BCUT2D eigenvalue weighted by Gasteiger charge is -2.28. The molecule has 1 heterocycles. The van der Waals surface area contributed by atoms with Crippen LogP contribution in [0.1, 0.15) is 63.0 Å². The SMILES string of the molecule is CNC(=O)c1cnc(N(C)C)nc1-c1cc(C(C)(C)C)c(O)c(C(C)(C)C)c1. The molecule has 0 bridgehead atoms. The van der Waals surface area contributed by atoms with Gasteiger partial charge in [-0.2, -0.15) is 0 Å². The maximum Gasteiger partial charge on any atom is 0.254 e. The lowest BCUT2D eigenvalue weighted by molar-refractivity contribution is 0.0963. The molecule has 0 aliphatic rings. The molecule has 6 nitrogen and oxygen atoms in total. The van der Waals surface area contributed by atoms with E-state index in [1.807, 2.05) is 26.2 Å². The molecule has 0 saturated heterocycles. The predicted octanol–water partition coefficient (Wildman–Crippen LogP) is 3.87. The second kappa shape index (κ2) is 7.41. The third kappa shape index (κ3) is 4.26. The number of amides is 1. The molecule has 0 aliphatic carbocycles. The zero-order valence-corrected chi connectivity index (χ0v) is 18.4. The molecule has 1 amide bonds. The van der Waals surface area contributed by atoms with E-state index in [9.17, 15) is 9.90 Å². The topological polar surface area (TPSA) is 78.4 Å². The van der Waals surface area contributed by atoms with Crippen LogP contribution in [-0.4, -0.2) is 42.1 Å². The van der Waals surface area contributed by atoms with E-state index in [-0.39, 0.29) is 16.7 Å². The molecule has 2 N–H and O–H groups in total. The first-order chi connectivity index (χ1) is 12.8. The summed E-state index contributed by atoms with van der Waals surface area (Å²) in [5.41, 5.74) is 2.84. The Hall–Kier alpha value is -2.63. The second-order valence-electron chi connectivity index (χ2n) is 9.33. The number of anilines is 1. The van der Waals surface area contributed by atoms with Crippen molar-refractivity contribution >= 4 is 11.9 Å². The molecule has 0 aliphatic heterocycles. The molecule has 28 heavy (non-hydrogen) atoms. The van der Waals surface area contributed by atoms with Crippen LogP contribution in [0.4, 0.5) is 5.95 Å². The van der Waals surface area contributed by atoms with Crippen molar-refractivity contribution in [3.8, 4) is 17.0 Å². The number of aromatic nitrogens is 2. The van der Waals surface area contributed by atoms with Gasteiger partial charge >= 0.3 is 0 Å². The van der Waals surface area contributed by atoms with Crippen molar-refractivity contribution in [1.29, 1.82) is 0 Å². The molecule has 152 valence electrons. The van der Waals surface area contributed by atoms with Crippen LogP contribution in [0, 0.1) is 0 Å². The van der Waals surface area contributed by atoms with E-state index < -0.39 is 0 Å². The predicted molar refractivity (Wildman–Crippen MR) is 114 cm³/mol. The molecular formula is C22H32N4O2. The molecule has 0 radical (unpaired) electrons. The van der Waals surface area contributed by atoms with E-state index in [0.717, 1.165) is 16.7 Å². The number of carbonyl (C=O) groups excluding carboxylic acids is 1. The van der Waals surface area contributed by atoms with Crippen LogP contribution < -0.4 is 10.2 Å². The number of hydrogen-bond donors (Lipinski definition) is 2. The monoisotopic (exact) mass is 384 g/mol. The third-order valence-corrected chi connectivity index (χ3v) is 4.65. The molecule has 0 atom stereocenters. The van der Waals surface area contributed by atoms with Gasteiger partial charge < -0.3 is 15.3 Å². The fourth-order valence-electron chi connectivity index (χ4n) is 3.02. The van der Waals surface area contributed by atoms with Gasteiger partial charge in [0.1, 0.15) is 5.75 Å². The van der Waals surface area contributed by atoms with Crippen molar-refractivity contribution in [2.75, 3.05) is 26.0 Å². The smallest absolute Gasteiger partial charge is 0.254 e. The Labute approximate surface area is 168 Å². The first-order valence-corrected chi connectivity index (χ1v) is 9.42. The van der Waals surface area contributed by atoms with Crippen molar-refractivity contribution in [2.45, 2.75) is 52.4 Å². The molecule has 0 unspecified atom stereocenters. The summed E-state index contributed by atoms with van der Waals surface area (Å²) in [5.74, 6) is 0.570. The van der Waals surface area contributed by atoms with Crippen LogP contribution in [0.15, 0.2) is 18.3 Å². The average molecular weight is 385 g/mol. The summed E-state index contributed by atoms with van der Waals surface area (Å²) in [7, 11) is 5.30. The van der Waals surface area contributed by atoms with Crippen molar-refractivity contribution in [3.63, 3.8) is 0 Å². The van der Waals surface area contributed by atoms with Crippen LogP contribution in [0.3, 0.4) is 0 Å². The zero-order valence-electron chi connectivity index (χ0n) is 18.4. The van der Waals surface area contributed by atoms with Crippen LogP contribution >= 0.6 is 0 Å². The number of benzene rings is 1. The Morgan fingerprint density at radius 2 is 1.54 bits per heavy atom. The van der Waals surface area contributed by atoms with E-state index in [0.29, 0.717) is 23.0 Å². The minimum absolute atomic E-state index is 0.247. The Balaban J connectivity index is 2.90. The van der Waals surface area contributed by atoms with Crippen LogP contribution in [0.5, 0.6) is 5.75 Å². The fourth-order valence-corrected chi connectivity index (χ4v) is 3.02. The second-order valence-corrected chi connectivity index (χ2v) is 9.33. The van der Waals surface area contributed by atoms with Gasteiger partial charge in [0.25, 0.3) is 5.91 Å². The van der Waals surface area contributed by atoms with Crippen molar-refractivity contribution in [3.05, 3.63) is 35.0 Å². The summed E-state index contributed by atoms with van der Waals surface area (Å²) in [6, 6.07) is 3.86. The maximum absolute atomic E-state index is 12.5. The largest absolute Gasteiger partial charge is 0.507 e. The number of phenols is 1. The Morgan fingerprint density at radius 1 is 1.04 bits per heavy atom. The minimum atomic E-state index is -0.273. The quantitative estimate of drug-likeness (QED) is 0.840. The summed E-state index contributed by atoms with van der Waals surface area (Å²) in [4.78, 5) is 23.2. The summed E-state index contributed by atoms with van der Waals surface area (Å²) in [6.45, 7) is 12.4. The van der Waals surface area contributed by atoms with Crippen LogP contribution in [0.2, 0.25) is 0 Å². The first kappa shape index (κ1) is 21.7. The highest BCUT2D eigenvalue weighted by molar-refractivity contribution is 5.99. The molecule has 2 rings (SSSR count). The van der Waals surface area contributed by atoms with Crippen molar-refractivity contribution in [1.82, 2.24) is 15.3 Å². The number of carbonyl (C=O) groups is 1. The summed E-state index contributed by atoms with van der Waals surface area (Å²) < 4.78 is 0. The molecule has 0 spiro atoms. The molecular weight excluding hydrogens is 352 g/mol. The molecule has 6 heteroatoms. The highest BCUT2D eigenvalue weighted by Gasteiger charge is 2.28. The maximum atomic E-state index is 12.5. The summed E-state index contributed by atoms with van der Waals surface area (Å²) in [5, 5.41) is 13.6. The Bertz CT molecular complexity index is 855. The lowest BCUT2D eigenvalue weighted by Crippen LogP contribution is -2.22. The highest BCUT2D eigenvalue weighted by Crippen LogP contribution is 2.42. The average Bonchev–Trinajstić information content (AvgIpc) is 2.58. The summed E-state index contributed by atoms with van der Waals surface area (Å²) >= 11 is 0. The van der Waals surface area contributed by atoms with E-state index >= 15 is 0 Å². The first-order valence-electron chi connectivity index (χ1n) is 9.42. The van der Waals surface area contributed by atoms with E-state index in [4.69, 9.17) is 0 Å². The fraction of sp³-hybridized carbons (Fsp3) is 0.500.